The van der Waals surface area contributed by atoms with Crippen LogP contribution < -0.4 is 0 Å². The number of hydrogen-bond donors (Lipinski definition) is 1. The maximum atomic E-state index is 10.7. The van der Waals surface area contributed by atoms with Crippen LogP contribution in [-0.2, 0) is 0 Å². The van der Waals surface area contributed by atoms with E-state index in [1.165, 1.54) is 0 Å². The van der Waals surface area contributed by atoms with Crippen LogP contribution >= 0.6 is 0 Å². The van der Waals surface area contributed by atoms with Gasteiger partial charge in [0.25, 0.3) is 0 Å². The molecule has 0 saturated heterocycles. The molecule has 112 valence electrons. The molecule has 0 aliphatic carbocycles. The predicted octanol–water partition coefficient (Wildman–Crippen LogP) is 4.81. The largest absolute Gasteiger partial charge is 0.493 e. The molecule has 0 radical (unpaired) electrons. The molecular formula is C19H20N2O. The molecule has 0 saturated carbocycles. The fraction of sp³-hybridized carbons (Fsp3) is 0.211. The van der Waals surface area contributed by atoms with Crippen LogP contribution in [-0.4, -0.2) is 14.9 Å². The quantitative estimate of drug-likeness (QED) is 0.752. The summed E-state index contributed by atoms with van der Waals surface area (Å²) in [7, 11) is 0. The summed E-state index contributed by atoms with van der Waals surface area (Å²) in [6.45, 7) is 6.10. The monoisotopic (exact) mass is 292 g/mol. The second kappa shape index (κ2) is 5.68. The van der Waals surface area contributed by atoms with Gasteiger partial charge in [-0.05, 0) is 31.9 Å². The molecule has 0 atom stereocenters. The van der Waals surface area contributed by atoms with Crippen LogP contribution in [0, 0.1) is 6.92 Å². The van der Waals surface area contributed by atoms with Crippen LogP contribution in [0.25, 0.3) is 22.4 Å². The highest BCUT2D eigenvalue weighted by Gasteiger charge is 2.22. The third-order valence-corrected chi connectivity index (χ3v) is 3.84. The standard InChI is InChI=1S/C19H20N2O/c1-13(2)21-19(22)17(15-10-5-4-6-11-15)18(20-21)16-12-8-7-9-14(16)3/h4-13,22H,1-3H3. The molecule has 0 aliphatic rings. The van der Waals surface area contributed by atoms with Crippen molar-refractivity contribution < 1.29 is 5.11 Å². The molecule has 1 heterocycles. The van der Waals surface area contributed by atoms with Crippen LogP contribution in [0.1, 0.15) is 25.5 Å². The lowest BCUT2D eigenvalue weighted by molar-refractivity contribution is 0.379. The Morgan fingerprint density at radius 3 is 2.23 bits per heavy atom. The number of benzene rings is 2. The summed E-state index contributed by atoms with van der Waals surface area (Å²) in [4.78, 5) is 0. The van der Waals surface area contributed by atoms with Crippen molar-refractivity contribution in [2.45, 2.75) is 26.8 Å². The first-order valence-electron chi connectivity index (χ1n) is 7.52. The van der Waals surface area contributed by atoms with Crippen molar-refractivity contribution in [2.75, 3.05) is 0 Å². The molecule has 0 spiro atoms. The molecule has 3 aromatic rings. The zero-order valence-corrected chi connectivity index (χ0v) is 13.1. The highest BCUT2D eigenvalue weighted by Crippen LogP contribution is 2.40. The third-order valence-electron chi connectivity index (χ3n) is 3.84. The van der Waals surface area contributed by atoms with E-state index in [0.717, 1.165) is 27.9 Å². The first kappa shape index (κ1) is 14.4. The lowest BCUT2D eigenvalue weighted by atomic mass is 9.98. The summed E-state index contributed by atoms with van der Waals surface area (Å²) < 4.78 is 1.68. The minimum Gasteiger partial charge on any atom is -0.493 e. The Balaban J connectivity index is 2.30. The fourth-order valence-electron chi connectivity index (χ4n) is 2.68. The Morgan fingerprint density at radius 1 is 0.955 bits per heavy atom. The third kappa shape index (κ3) is 2.39. The van der Waals surface area contributed by atoms with Crippen LogP contribution in [0.15, 0.2) is 54.6 Å². The highest BCUT2D eigenvalue weighted by atomic mass is 16.3. The first-order chi connectivity index (χ1) is 10.6. The Bertz CT molecular complexity index is 788. The van der Waals surface area contributed by atoms with Gasteiger partial charge in [-0.25, -0.2) is 4.68 Å². The van der Waals surface area contributed by atoms with E-state index in [4.69, 9.17) is 0 Å². The van der Waals surface area contributed by atoms with Gasteiger partial charge in [-0.3, -0.25) is 0 Å². The van der Waals surface area contributed by atoms with Gasteiger partial charge in [0.15, 0.2) is 0 Å². The Labute approximate surface area is 130 Å². The molecule has 1 aromatic heterocycles. The lowest BCUT2D eigenvalue weighted by Crippen LogP contribution is -2.02. The summed E-state index contributed by atoms with van der Waals surface area (Å²) in [6.07, 6.45) is 0. The molecule has 3 rings (SSSR count). The fourth-order valence-corrected chi connectivity index (χ4v) is 2.68. The molecule has 1 N–H and O–H groups in total. The van der Waals surface area contributed by atoms with E-state index >= 15 is 0 Å². The number of nitrogens with zero attached hydrogens (tertiary/aromatic N) is 2. The van der Waals surface area contributed by atoms with Gasteiger partial charge < -0.3 is 5.11 Å². The second-order valence-corrected chi connectivity index (χ2v) is 5.77. The van der Waals surface area contributed by atoms with Gasteiger partial charge >= 0.3 is 0 Å². The molecule has 0 bridgehead atoms. The molecule has 0 unspecified atom stereocenters. The summed E-state index contributed by atoms with van der Waals surface area (Å²) in [6, 6.07) is 18.2. The maximum absolute atomic E-state index is 10.7. The normalized spacial score (nSPS) is 11.1. The molecule has 0 fully saturated rings. The van der Waals surface area contributed by atoms with Gasteiger partial charge in [-0.2, -0.15) is 5.10 Å². The second-order valence-electron chi connectivity index (χ2n) is 5.77. The van der Waals surface area contributed by atoms with Gasteiger partial charge in [0.1, 0.15) is 5.69 Å². The minimum atomic E-state index is 0.0974. The Morgan fingerprint density at radius 2 is 1.59 bits per heavy atom. The molecule has 0 aliphatic heterocycles. The lowest BCUT2D eigenvalue weighted by Gasteiger charge is -2.07. The average molecular weight is 292 g/mol. The van der Waals surface area contributed by atoms with Gasteiger partial charge in [0.05, 0.1) is 11.6 Å². The highest BCUT2D eigenvalue weighted by molar-refractivity contribution is 5.85. The molecule has 3 heteroatoms. The van der Waals surface area contributed by atoms with E-state index in [2.05, 4.69) is 18.1 Å². The molecule has 22 heavy (non-hydrogen) atoms. The molecule has 3 nitrogen and oxygen atoms in total. The number of rotatable bonds is 3. The van der Waals surface area contributed by atoms with Crippen molar-refractivity contribution in [2.24, 2.45) is 0 Å². The van der Waals surface area contributed by atoms with E-state index < -0.39 is 0 Å². The van der Waals surface area contributed by atoms with E-state index in [0.29, 0.717) is 0 Å². The van der Waals surface area contributed by atoms with Gasteiger partial charge in [0.2, 0.25) is 5.88 Å². The topological polar surface area (TPSA) is 38.0 Å². The zero-order chi connectivity index (χ0) is 15.7. The number of aromatic hydroxyl groups is 1. The van der Waals surface area contributed by atoms with E-state index in [1.54, 1.807) is 4.68 Å². The van der Waals surface area contributed by atoms with E-state index in [1.807, 2.05) is 62.4 Å². The van der Waals surface area contributed by atoms with Crippen LogP contribution in [0.3, 0.4) is 0 Å². The van der Waals surface area contributed by atoms with Crippen molar-refractivity contribution in [3.05, 3.63) is 60.2 Å². The zero-order valence-electron chi connectivity index (χ0n) is 13.1. The van der Waals surface area contributed by atoms with Crippen LogP contribution in [0.4, 0.5) is 0 Å². The summed E-state index contributed by atoms with van der Waals surface area (Å²) in [5, 5.41) is 15.4. The first-order valence-corrected chi connectivity index (χ1v) is 7.52. The van der Waals surface area contributed by atoms with Crippen molar-refractivity contribution in [3.8, 4) is 28.3 Å². The molecular weight excluding hydrogens is 272 g/mol. The van der Waals surface area contributed by atoms with Crippen molar-refractivity contribution >= 4 is 0 Å². The van der Waals surface area contributed by atoms with E-state index in [9.17, 15) is 5.11 Å². The minimum absolute atomic E-state index is 0.0974. The Hall–Kier alpha value is -2.55. The van der Waals surface area contributed by atoms with Crippen molar-refractivity contribution in [1.29, 1.82) is 0 Å². The van der Waals surface area contributed by atoms with Gasteiger partial charge in [-0.15, -0.1) is 0 Å². The van der Waals surface area contributed by atoms with Gasteiger partial charge in [-0.1, -0.05) is 54.6 Å². The SMILES string of the molecule is Cc1ccccc1-c1nn(C(C)C)c(O)c1-c1ccccc1. The van der Waals surface area contributed by atoms with Crippen molar-refractivity contribution in [3.63, 3.8) is 0 Å². The number of aromatic nitrogens is 2. The Kier molecular flexibility index (Phi) is 3.72. The predicted molar refractivity (Wildman–Crippen MR) is 89.9 cm³/mol. The average Bonchev–Trinajstić information content (AvgIpc) is 2.86. The number of hydrogen-bond acceptors (Lipinski definition) is 2. The maximum Gasteiger partial charge on any atom is 0.218 e. The van der Waals surface area contributed by atoms with E-state index in [-0.39, 0.29) is 11.9 Å². The van der Waals surface area contributed by atoms with Gasteiger partial charge in [0, 0.05) is 5.56 Å². The summed E-state index contributed by atoms with van der Waals surface area (Å²) in [5.41, 5.74) is 4.80. The molecule has 0 amide bonds. The number of aryl methyl sites for hydroxylation is 1. The summed E-state index contributed by atoms with van der Waals surface area (Å²) in [5.74, 6) is 0.222. The van der Waals surface area contributed by atoms with Crippen LogP contribution in [0.2, 0.25) is 0 Å². The molecule has 2 aromatic carbocycles. The smallest absolute Gasteiger partial charge is 0.218 e. The van der Waals surface area contributed by atoms with Crippen LogP contribution in [0.5, 0.6) is 5.88 Å². The van der Waals surface area contributed by atoms with Crippen molar-refractivity contribution in [1.82, 2.24) is 9.78 Å². The summed E-state index contributed by atoms with van der Waals surface area (Å²) >= 11 is 0.